The number of rotatable bonds is 13. The van der Waals surface area contributed by atoms with Gasteiger partial charge in [0.2, 0.25) is 6.29 Å². The minimum absolute atomic E-state index is 0.0670. The third-order valence-electron chi connectivity index (χ3n) is 23.2. The molecule has 26 nitrogen and oxygen atoms in total. The standard InChI is InChI=1S/C59H96O26/c1-24-34(63)38(67)42(71)49(78-24)83-46-29(20-60)80-48(45(74)41(46)70)77-22-30-37(66)40(69)44(73)51(81-30)85-53(75)59-17-15-54(3,4)19-27(59)26-9-10-32-55(5)13-12-33(56(6,23-61)31(55)11-14-58(32,8)57(26,7)16-18-59)82-52-47(36(65)28(62)21-76-52)84-50-43(72)39(68)35(64)25(2)79-50/h9,24-25,27-52,60-74H,10-23H2,1-8H3/t24-,25-,27-,28-,29+,30+,31+,32+,33-,34-,35-,36-,37+,38+,39+,40-,41+,42+,43+,44+,45+,46+,47+,48+,49-,50-,51-,52-,55-,56-,57?,58?,59?/m0/s1. The van der Waals surface area contributed by atoms with Gasteiger partial charge in [-0.25, -0.2) is 0 Å². The van der Waals surface area contributed by atoms with Gasteiger partial charge in [-0.15, -0.1) is 0 Å². The molecule has 33 atom stereocenters. The van der Waals surface area contributed by atoms with E-state index >= 15 is 4.79 Å². The Hall–Kier alpha value is -1.75. The summed E-state index contributed by atoms with van der Waals surface area (Å²) in [7, 11) is 0. The summed E-state index contributed by atoms with van der Waals surface area (Å²) in [6.07, 6.45) is -29.6. The fourth-order valence-corrected chi connectivity index (χ4v) is 17.5. The van der Waals surface area contributed by atoms with Gasteiger partial charge in [-0.3, -0.25) is 4.79 Å². The normalized spacial score (nSPS) is 55.3. The number of carbonyl (C=O) groups is 1. The molecule has 3 unspecified atom stereocenters. The van der Waals surface area contributed by atoms with Gasteiger partial charge in [0.25, 0.3) is 0 Å². The molecular formula is C59H96O26. The first kappa shape index (κ1) is 66.2. The molecule has 10 rings (SSSR count). The van der Waals surface area contributed by atoms with Crippen LogP contribution in [0, 0.1) is 50.2 Å². The molecule has 5 aliphatic heterocycles. The van der Waals surface area contributed by atoms with Gasteiger partial charge >= 0.3 is 5.97 Å². The Kier molecular flexibility index (Phi) is 19.0. The molecule has 4 saturated carbocycles. The molecule has 0 spiro atoms. The molecule has 5 heterocycles. The zero-order valence-corrected chi connectivity index (χ0v) is 49.8. The van der Waals surface area contributed by atoms with Crippen molar-refractivity contribution < 1.29 is 129 Å². The molecule has 26 heteroatoms. The fraction of sp³-hybridized carbons (Fsp3) is 0.949. The summed E-state index contributed by atoms with van der Waals surface area (Å²) < 4.78 is 59.4. The molecule has 10 aliphatic rings. The predicted molar refractivity (Wildman–Crippen MR) is 288 cm³/mol. The van der Waals surface area contributed by atoms with Crippen molar-refractivity contribution in [1.82, 2.24) is 0 Å². The highest BCUT2D eigenvalue weighted by Gasteiger charge is 2.71. The minimum atomic E-state index is -1.90. The Balaban J connectivity index is 0.833. The van der Waals surface area contributed by atoms with Crippen molar-refractivity contribution in [2.45, 2.75) is 273 Å². The van der Waals surface area contributed by atoms with Gasteiger partial charge < -0.3 is 124 Å². The summed E-state index contributed by atoms with van der Waals surface area (Å²) in [5.74, 6) is -0.861. The van der Waals surface area contributed by atoms with Crippen molar-refractivity contribution in [1.29, 1.82) is 0 Å². The van der Waals surface area contributed by atoms with Crippen molar-refractivity contribution in [2.75, 3.05) is 26.4 Å². The Morgan fingerprint density at radius 1 is 0.565 bits per heavy atom. The number of allylic oxidation sites excluding steroid dienone is 2. The molecule has 0 bridgehead atoms. The molecule has 85 heavy (non-hydrogen) atoms. The van der Waals surface area contributed by atoms with Gasteiger partial charge in [-0.1, -0.05) is 53.2 Å². The fourth-order valence-electron chi connectivity index (χ4n) is 17.5. The quantitative estimate of drug-likeness (QED) is 0.0513. The van der Waals surface area contributed by atoms with Crippen LogP contribution in [0.4, 0.5) is 0 Å². The number of aliphatic hydroxyl groups excluding tert-OH is 15. The molecule has 0 amide bonds. The molecule has 0 aromatic carbocycles. The van der Waals surface area contributed by atoms with Crippen LogP contribution in [0.25, 0.3) is 0 Å². The number of aliphatic hydroxyl groups is 15. The Morgan fingerprint density at radius 2 is 1.14 bits per heavy atom. The van der Waals surface area contributed by atoms with E-state index in [0.29, 0.717) is 51.4 Å². The zero-order valence-electron chi connectivity index (χ0n) is 49.8. The number of hydrogen-bond acceptors (Lipinski definition) is 26. The maximum atomic E-state index is 15.2. The number of carbonyl (C=O) groups excluding carboxylic acids is 1. The van der Waals surface area contributed by atoms with Crippen molar-refractivity contribution in [3.63, 3.8) is 0 Å². The monoisotopic (exact) mass is 1220 g/mol. The summed E-state index contributed by atoms with van der Waals surface area (Å²) in [5, 5.41) is 163. The van der Waals surface area contributed by atoms with E-state index in [0.717, 1.165) is 12.8 Å². The Morgan fingerprint density at radius 3 is 1.76 bits per heavy atom. The first-order valence-corrected chi connectivity index (χ1v) is 30.6. The molecule has 0 aromatic heterocycles. The number of esters is 1. The average Bonchev–Trinajstić information content (AvgIpc) is 0.692. The van der Waals surface area contributed by atoms with Crippen molar-refractivity contribution in [2.24, 2.45) is 50.2 Å². The van der Waals surface area contributed by atoms with Gasteiger partial charge in [0, 0.05) is 5.41 Å². The first-order valence-electron chi connectivity index (χ1n) is 30.6. The molecule has 5 aliphatic carbocycles. The molecule has 15 N–H and O–H groups in total. The van der Waals surface area contributed by atoms with Gasteiger partial charge in [0.1, 0.15) is 104 Å². The second kappa shape index (κ2) is 24.4. The first-order chi connectivity index (χ1) is 39.8. The smallest absolute Gasteiger partial charge is 0.315 e. The van der Waals surface area contributed by atoms with E-state index in [2.05, 4.69) is 40.7 Å². The second-order valence-corrected chi connectivity index (χ2v) is 28.5. The molecular weight excluding hydrogens is 1120 g/mol. The molecule has 0 aromatic rings. The highest BCUT2D eigenvalue weighted by atomic mass is 16.8. The van der Waals surface area contributed by atoms with Gasteiger partial charge in [-0.05, 0) is 117 Å². The van der Waals surface area contributed by atoms with E-state index < -0.39 is 189 Å². The molecule has 0 radical (unpaired) electrons. The average molecular weight is 1220 g/mol. The summed E-state index contributed by atoms with van der Waals surface area (Å²) >= 11 is 0. The van der Waals surface area contributed by atoms with Crippen LogP contribution >= 0.6 is 0 Å². The zero-order chi connectivity index (χ0) is 62.0. The van der Waals surface area contributed by atoms with E-state index in [1.807, 2.05) is 6.92 Å². The van der Waals surface area contributed by atoms with Gasteiger partial charge in [0.05, 0.1) is 50.2 Å². The van der Waals surface area contributed by atoms with Crippen molar-refractivity contribution >= 4 is 5.97 Å². The van der Waals surface area contributed by atoms with Crippen LogP contribution in [-0.4, -0.2) is 263 Å². The second-order valence-electron chi connectivity index (χ2n) is 28.5. The third kappa shape index (κ3) is 11.1. The maximum absolute atomic E-state index is 15.2. The van der Waals surface area contributed by atoms with Crippen LogP contribution in [0.2, 0.25) is 0 Å². The summed E-state index contributed by atoms with van der Waals surface area (Å²) in [6.45, 7) is 14.3. The lowest BCUT2D eigenvalue weighted by molar-refractivity contribution is -0.365. The molecule has 488 valence electrons. The van der Waals surface area contributed by atoms with E-state index in [4.69, 9.17) is 47.4 Å². The highest BCUT2D eigenvalue weighted by molar-refractivity contribution is 5.79. The van der Waals surface area contributed by atoms with Crippen LogP contribution in [0.3, 0.4) is 0 Å². The van der Waals surface area contributed by atoms with Crippen LogP contribution < -0.4 is 0 Å². The molecule has 9 fully saturated rings. The predicted octanol–water partition coefficient (Wildman–Crippen LogP) is -2.54. The van der Waals surface area contributed by atoms with E-state index in [1.165, 1.54) is 19.4 Å². The van der Waals surface area contributed by atoms with Crippen LogP contribution in [0.15, 0.2) is 11.6 Å². The third-order valence-corrected chi connectivity index (χ3v) is 23.2. The van der Waals surface area contributed by atoms with E-state index in [9.17, 15) is 76.6 Å². The lowest BCUT2D eigenvalue weighted by Gasteiger charge is -2.71. The summed E-state index contributed by atoms with van der Waals surface area (Å²) in [5.41, 5.74) is -1.93. The summed E-state index contributed by atoms with van der Waals surface area (Å²) in [4.78, 5) is 15.2. The van der Waals surface area contributed by atoms with Gasteiger partial charge in [0.15, 0.2) is 25.2 Å². The van der Waals surface area contributed by atoms with Crippen LogP contribution in [0.1, 0.15) is 120 Å². The summed E-state index contributed by atoms with van der Waals surface area (Å²) in [6, 6.07) is 0. The van der Waals surface area contributed by atoms with Crippen molar-refractivity contribution in [3.05, 3.63) is 11.6 Å². The number of fused-ring (bicyclic) bond motifs is 7. The maximum Gasteiger partial charge on any atom is 0.315 e. The van der Waals surface area contributed by atoms with E-state index in [1.54, 1.807) is 0 Å². The van der Waals surface area contributed by atoms with Crippen LogP contribution in [-0.2, 0) is 52.2 Å². The van der Waals surface area contributed by atoms with Crippen LogP contribution in [0.5, 0.6) is 0 Å². The molecule has 5 saturated heterocycles. The lowest BCUT2D eigenvalue weighted by atomic mass is 9.33. The van der Waals surface area contributed by atoms with Gasteiger partial charge in [-0.2, -0.15) is 0 Å². The topological polar surface area (TPSA) is 413 Å². The van der Waals surface area contributed by atoms with E-state index in [-0.39, 0.29) is 47.2 Å². The minimum Gasteiger partial charge on any atom is -0.432 e. The Bertz CT molecular complexity index is 2370. The SMILES string of the molecule is C[C@@H]1O[C@@H](O[C@H]2[C@H](O[C@H]3CC[C@@]4(C)[C@@H](CCC5(C)[C@@H]4CC=C4[C@@H]6CC(C)(C)CCC6(C(=O)O[C@@H]6O[C@H](CO[C@@H]7O[C@H](CO)[C@@H](O[C@@H]8O[C@@H](C)[C@H](O)[C@@H](O)[C@H]8O)[C@H](O)[C@H]7O)[C@@H](O)[C@H](O)[C@H]6O)CCC45C)[C@]3(C)CO)OC[C@H](O)[C@@H]2O)[C@H](O)[C@H](O)[C@H]1O. The highest BCUT2D eigenvalue weighted by Crippen LogP contribution is 2.76. The van der Waals surface area contributed by atoms with Crippen molar-refractivity contribution in [3.8, 4) is 0 Å². The lowest BCUT2D eigenvalue weighted by Crippen LogP contribution is -2.67. The number of hydrogen-bond donors (Lipinski definition) is 15. The Labute approximate surface area is 494 Å². The number of ether oxygens (including phenoxy) is 10. The largest absolute Gasteiger partial charge is 0.432 e.